The van der Waals surface area contributed by atoms with E-state index in [0.717, 1.165) is 11.1 Å². The topological polar surface area (TPSA) is 29.5 Å². The molecule has 3 nitrogen and oxygen atoms in total. The molecule has 4 heteroatoms. The molecule has 0 aromatic heterocycles. The van der Waals surface area contributed by atoms with Crippen molar-refractivity contribution in [2.45, 2.75) is 13.5 Å². The van der Waals surface area contributed by atoms with Crippen molar-refractivity contribution in [2.75, 3.05) is 14.2 Å². The first-order valence-electron chi connectivity index (χ1n) is 7.32. The van der Waals surface area contributed by atoms with E-state index in [9.17, 15) is 9.18 Å². The van der Waals surface area contributed by atoms with Gasteiger partial charge in [0.15, 0.2) is 11.6 Å². The zero-order chi connectivity index (χ0) is 16.8. The van der Waals surface area contributed by atoms with E-state index < -0.39 is 5.82 Å². The van der Waals surface area contributed by atoms with Crippen molar-refractivity contribution >= 4 is 12.0 Å². The summed E-state index contributed by atoms with van der Waals surface area (Å²) in [5.41, 5.74) is 2.82. The molecule has 23 heavy (non-hydrogen) atoms. The van der Waals surface area contributed by atoms with Crippen LogP contribution in [0.4, 0.5) is 4.39 Å². The predicted molar refractivity (Wildman–Crippen MR) is 89.6 cm³/mol. The molecular weight excluding hydrogens is 293 g/mol. The van der Waals surface area contributed by atoms with Gasteiger partial charge in [-0.1, -0.05) is 30.3 Å². The monoisotopic (exact) mass is 313 g/mol. The highest BCUT2D eigenvalue weighted by atomic mass is 19.1. The predicted octanol–water partition coefficient (Wildman–Crippen LogP) is 3.81. The molecule has 0 heterocycles. The summed E-state index contributed by atoms with van der Waals surface area (Å²) in [5, 5.41) is 0. The minimum atomic E-state index is -0.429. The molecule has 0 saturated heterocycles. The van der Waals surface area contributed by atoms with Crippen molar-refractivity contribution in [2.24, 2.45) is 0 Å². The lowest BCUT2D eigenvalue weighted by Crippen LogP contribution is -2.24. The molecule has 0 bridgehead atoms. The Bertz CT molecular complexity index is 725. The van der Waals surface area contributed by atoms with E-state index in [1.807, 2.05) is 31.2 Å². The summed E-state index contributed by atoms with van der Waals surface area (Å²) in [6.07, 6.45) is 3.32. The summed E-state index contributed by atoms with van der Waals surface area (Å²) in [6, 6.07) is 12.5. The summed E-state index contributed by atoms with van der Waals surface area (Å²) >= 11 is 0. The highest BCUT2D eigenvalue weighted by Gasteiger charge is 2.09. The number of nitrogens with zero attached hydrogens (tertiary/aromatic N) is 1. The summed E-state index contributed by atoms with van der Waals surface area (Å²) in [5.74, 6) is -0.368. The number of hydrogen-bond donors (Lipinski definition) is 0. The van der Waals surface area contributed by atoms with Crippen LogP contribution in [-0.4, -0.2) is 25.0 Å². The average molecular weight is 313 g/mol. The molecule has 0 aliphatic heterocycles. The van der Waals surface area contributed by atoms with Gasteiger partial charge in [-0.2, -0.15) is 0 Å². The Labute approximate surface area is 136 Å². The highest BCUT2D eigenvalue weighted by Crippen LogP contribution is 2.18. The number of hydrogen-bond acceptors (Lipinski definition) is 2. The minimum absolute atomic E-state index is 0.135. The normalized spacial score (nSPS) is 10.8. The SMILES string of the molecule is COc1ccc(CN(C)C(=O)C=Cc2ccccc2C)cc1F. The van der Waals surface area contributed by atoms with E-state index in [0.29, 0.717) is 12.1 Å². The van der Waals surface area contributed by atoms with Gasteiger partial charge in [0.1, 0.15) is 0 Å². The van der Waals surface area contributed by atoms with E-state index in [-0.39, 0.29) is 11.7 Å². The average Bonchev–Trinajstić information content (AvgIpc) is 2.54. The molecule has 2 aromatic carbocycles. The number of amides is 1. The van der Waals surface area contributed by atoms with Gasteiger partial charge in [-0.15, -0.1) is 0 Å². The number of methoxy groups -OCH3 is 1. The van der Waals surface area contributed by atoms with E-state index >= 15 is 0 Å². The molecule has 0 aliphatic carbocycles. The molecule has 120 valence electrons. The Hall–Kier alpha value is -2.62. The Morgan fingerprint density at radius 2 is 2.00 bits per heavy atom. The van der Waals surface area contributed by atoms with Crippen LogP contribution in [0.1, 0.15) is 16.7 Å². The van der Waals surface area contributed by atoms with Crippen LogP contribution >= 0.6 is 0 Å². The van der Waals surface area contributed by atoms with Gasteiger partial charge in [-0.05, 0) is 41.8 Å². The summed E-state index contributed by atoms with van der Waals surface area (Å²) in [6.45, 7) is 2.33. The van der Waals surface area contributed by atoms with Crippen LogP contribution in [0.5, 0.6) is 5.75 Å². The Balaban J connectivity index is 2.03. The third kappa shape index (κ3) is 4.42. The molecule has 0 spiro atoms. The third-order valence-electron chi connectivity index (χ3n) is 3.61. The van der Waals surface area contributed by atoms with Crippen molar-refractivity contribution < 1.29 is 13.9 Å². The maximum Gasteiger partial charge on any atom is 0.246 e. The fourth-order valence-electron chi connectivity index (χ4n) is 2.22. The lowest BCUT2D eigenvalue weighted by molar-refractivity contribution is -0.125. The van der Waals surface area contributed by atoms with E-state index in [2.05, 4.69) is 0 Å². The van der Waals surface area contributed by atoms with Gasteiger partial charge < -0.3 is 9.64 Å². The zero-order valence-corrected chi connectivity index (χ0v) is 13.5. The molecule has 0 radical (unpaired) electrons. The highest BCUT2D eigenvalue weighted by molar-refractivity contribution is 5.91. The number of rotatable bonds is 5. The van der Waals surface area contributed by atoms with Crippen LogP contribution in [-0.2, 0) is 11.3 Å². The minimum Gasteiger partial charge on any atom is -0.494 e. The molecular formula is C19H20FNO2. The lowest BCUT2D eigenvalue weighted by atomic mass is 10.1. The van der Waals surface area contributed by atoms with Crippen LogP contribution in [0, 0.1) is 12.7 Å². The number of carbonyl (C=O) groups excluding carboxylic acids is 1. The van der Waals surface area contributed by atoms with E-state index in [1.54, 1.807) is 25.3 Å². The number of likely N-dealkylation sites (N-methyl/N-ethyl adjacent to an activating group) is 1. The fourth-order valence-corrected chi connectivity index (χ4v) is 2.22. The Morgan fingerprint density at radius 3 is 2.65 bits per heavy atom. The van der Waals surface area contributed by atoms with Crippen LogP contribution in [0.25, 0.3) is 6.08 Å². The number of halogens is 1. The van der Waals surface area contributed by atoms with Gasteiger partial charge in [-0.3, -0.25) is 4.79 Å². The maximum absolute atomic E-state index is 13.7. The first-order valence-corrected chi connectivity index (χ1v) is 7.32. The molecule has 0 fully saturated rings. The van der Waals surface area contributed by atoms with Gasteiger partial charge in [0.25, 0.3) is 0 Å². The summed E-state index contributed by atoms with van der Waals surface area (Å²) in [4.78, 5) is 13.7. The number of aryl methyl sites for hydroxylation is 1. The smallest absolute Gasteiger partial charge is 0.246 e. The van der Waals surface area contributed by atoms with Crippen molar-refractivity contribution in [1.29, 1.82) is 0 Å². The second kappa shape index (κ2) is 7.58. The molecule has 0 atom stereocenters. The largest absolute Gasteiger partial charge is 0.494 e. The number of benzene rings is 2. The van der Waals surface area contributed by atoms with Crippen LogP contribution in [0.2, 0.25) is 0 Å². The van der Waals surface area contributed by atoms with Crippen LogP contribution < -0.4 is 4.74 Å². The molecule has 0 unspecified atom stereocenters. The molecule has 0 saturated carbocycles. The maximum atomic E-state index is 13.7. The molecule has 2 rings (SSSR count). The lowest BCUT2D eigenvalue weighted by Gasteiger charge is -2.15. The van der Waals surface area contributed by atoms with Crippen molar-refractivity contribution in [3.63, 3.8) is 0 Å². The fraction of sp³-hybridized carbons (Fsp3) is 0.211. The number of ether oxygens (including phenoxy) is 1. The second-order valence-electron chi connectivity index (χ2n) is 5.35. The van der Waals surface area contributed by atoms with Crippen molar-refractivity contribution in [1.82, 2.24) is 4.90 Å². The van der Waals surface area contributed by atoms with E-state index in [1.165, 1.54) is 24.2 Å². The standard InChI is InChI=1S/C19H20FNO2/c1-14-6-4-5-7-16(14)9-11-19(22)21(2)13-15-8-10-18(23-3)17(20)12-15/h4-12H,13H2,1-3H3. The van der Waals surface area contributed by atoms with E-state index in [4.69, 9.17) is 4.74 Å². The van der Waals surface area contributed by atoms with Crippen molar-refractivity contribution in [3.05, 3.63) is 71.0 Å². The quantitative estimate of drug-likeness (QED) is 0.786. The molecule has 1 amide bonds. The molecule has 0 aliphatic rings. The Morgan fingerprint density at radius 1 is 1.26 bits per heavy atom. The van der Waals surface area contributed by atoms with Crippen LogP contribution in [0.15, 0.2) is 48.5 Å². The second-order valence-corrected chi connectivity index (χ2v) is 5.35. The first kappa shape index (κ1) is 16.7. The first-order chi connectivity index (χ1) is 11.0. The molecule has 0 N–H and O–H groups in total. The van der Waals surface area contributed by atoms with Crippen LogP contribution in [0.3, 0.4) is 0 Å². The third-order valence-corrected chi connectivity index (χ3v) is 3.61. The zero-order valence-electron chi connectivity index (χ0n) is 13.5. The van der Waals surface area contributed by atoms with Crippen molar-refractivity contribution in [3.8, 4) is 5.75 Å². The van der Waals surface area contributed by atoms with Gasteiger partial charge in [0, 0.05) is 19.7 Å². The summed E-state index contributed by atoms with van der Waals surface area (Å²) in [7, 11) is 3.11. The summed E-state index contributed by atoms with van der Waals surface area (Å²) < 4.78 is 18.6. The molecule has 2 aromatic rings. The van der Waals surface area contributed by atoms with Gasteiger partial charge in [-0.25, -0.2) is 4.39 Å². The van der Waals surface area contributed by atoms with Gasteiger partial charge >= 0.3 is 0 Å². The Kier molecular flexibility index (Phi) is 5.52. The number of carbonyl (C=O) groups is 1. The van der Waals surface area contributed by atoms with Gasteiger partial charge in [0.05, 0.1) is 7.11 Å². The van der Waals surface area contributed by atoms with Gasteiger partial charge in [0.2, 0.25) is 5.91 Å².